The summed E-state index contributed by atoms with van der Waals surface area (Å²) in [5.74, 6) is -0.282. The summed E-state index contributed by atoms with van der Waals surface area (Å²) < 4.78 is 48.7. The van der Waals surface area contributed by atoms with E-state index in [1.807, 2.05) is 0 Å². The third-order valence-electron chi connectivity index (χ3n) is 4.36. The second-order valence-corrected chi connectivity index (χ2v) is 8.47. The van der Waals surface area contributed by atoms with Crippen molar-refractivity contribution in [1.82, 2.24) is 9.97 Å². The van der Waals surface area contributed by atoms with Gasteiger partial charge in [-0.3, -0.25) is 0 Å². The van der Waals surface area contributed by atoms with Gasteiger partial charge in [-0.05, 0) is 50.8 Å². The van der Waals surface area contributed by atoms with Crippen LogP contribution >= 0.6 is 0 Å². The molecule has 1 aliphatic rings. The molecule has 0 radical (unpaired) electrons. The van der Waals surface area contributed by atoms with Gasteiger partial charge in [-0.15, -0.1) is 0 Å². The molecule has 0 bridgehead atoms. The summed E-state index contributed by atoms with van der Waals surface area (Å²) in [5.41, 5.74) is 0.574. The average molecular weight is 380 g/mol. The smallest absolute Gasteiger partial charge is 0.229 e. The average Bonchev–Trinajstić information content (AvgIpc) is 2.60. The number of rotatable bonds is 5. The fourth-order valence-corrected chi connectivity index (χ4v) is 3.51. The van der Waals surface area contributed by atoms with Gasteiger partial charge in [0.1, 0.15) is 12.4 Å². The number of benzene rings is 1. The lowest BCUT2D eigenvalue weighted by molar-refractivity contribution is 0.146. The zero-order chi connectivity index (χ0) is 18.7. The van der Waals surface area contributed by atoms with E-state index in [1.165, 1.54) is 24.9 Å². The second kappa shape index (κ2) is 7.57. The molecular weight excluding hydrogens is 359 g/mol. The molecule has 1 saturated carbocycles. The van der Waals surface area contributed by atoms with E-state index in [4.69, 9.17) is 9.47 Å². The van der Waals surface area contributed by atoms with Crippen molar-refractivity contribution in [3.8, 4) is 17.5 Å². The zero-order valence-electron chi connectivity index (χ0n) is 14.7. The maximum Gasteiger partial charge on any atom is 0.229 e. The largest absolute Gasteiger partial charge is 0.474 e. The molecule has 0 N–H and O–H groups in total. The first kappa shape index (κ1) is 18.6. The molecule has 0 aliphatic heterocycles. The molecule has 26 heavy (non-hydrogen) atoms. The van der Waals surface area contributed by atoms with E-state index in [9.17, 15) is 12.8 Å². The van der Waals surface area contributed by atoms with E-state index in [0.717, 1.165) is 38.0 Å². The minimum atomic E-state index is -3.49. The highest BCUT2D eigenvalue weighted by Crippen LogP contribution is 2.31. The Kier molecular flexibility index (Phi) is 5.41. The topological polar surface area (TPSA) is 78.4 Å². The molecule has 1 fully saturated rings. The first-order valence-electron chi connectivity index (χ1n) is 8.50. The summed E-state index contributed by atoms with van der Waals surface area (Å²) in [6, 6.07) is 3.50. The Labute approximate surface area is 152 Å². The van der Waals surface area contributed by atoms with Gasteiger partial charge in [-0.25, -0.2) is 22.8 Å². The van der Waals surface area contributed by atoms with E-state index < -0.39 is 15.7 Å². The van der Waals surface area contributed by atoms with Gasteiger partial charge in [0.05, 0.1) is 10.5 Å². The predicted octanol–water partition coefficient (Wildman–Crippen LogP) is 3.83. The Bertz CT molecular complexity index is 896. The van der Waals surface area contributed by atoms with Crippen molar-refractivity contribution in [3.05, 3.63) is 35.9 Å². The second-order valence-electron chi connectivity index (χ2n) is 6.45. The molecule has 0 spiro atoms. The molecule has 0 atom stereocenters. The van der Waals surface area contributed by atoms with Crippen molar-refractivity contribution in [2.45, 2.75) is 50.0 Å². The molecular formula is C18H21FN2O4S. The summed E-state index contributed by atoms with van der Waals surface area (Å²) in [5, 5.41) is 0. The van der Waals surface area contributed by atoms with Crippen LogP contribution in [0.15, 0.2) is 29.4 Å². The van der Waals surface area contributed by atoms with Crippen molar-refractivity contribution in [2.24, 2.45) is 0 Å². The van der Waals surface area contributed by atoms with Gasteiger partial charge in [0.25, 0.3) is 0 Å². The molecule has 140 valence electrons. The molecule has 1 aromatic heterocycles. The molecule has 1 heterocycles. The summed E-state index contributed by atoms with van der Waals surface area (Å²) in [6.07, 6.45) is 7.92. The Balaban J connectivity index is 1.81. The van der Waals surface area contributed by atoms with E-state index >= 15 is 0 Å². The van der Waals surface area contributed by atoms with Crippen LogP contribution in [-0.2, 0) is 9.84 Å². The first-order valence-corrected chi connectivity index (χ1v) is 10.4. The number of halogens is 1. The lowest BCUT2D eigenvalue weighted by Crippen LogP contribution is -2.20. The minimum absolute atomic E-state index is 0.108. The van der Waals surface area contributed by atoms with Crippen LogP contribution in [0.2, 0.25) is 0 Å². The van der Waals surface area contributed by atoms with E-state index in [2.05, 4.69) is 9.97 Å². The summed E-state index contributed by atoms with van der Waals surface area (Å²) >= 11 is 0. The lowest BCUT2D eigenvalue weighted by atomic mass is 9.98. The fourth-order valence-electron chi connectivity index (χ4n) is 2.88. The Morgan fingerprint density at radius 2 is 1.81 bits per heavy atom. The van der Waals surface area contributed by atoms with Gasteiger partial charge in [-0.2, -0.15) is 0 Å². The lowest BCUT2D eigenvalue weighted by Gasteiger charge is -2.23. The molecule has 0 saturated heterocycles. The summed E-state index contributed by atoms with van der Waals surface area (Å²) in [7, 11) is -3.49. The maximum absolute atomic E-state index is 14.2. The Hall–Kier alpha value is -2.22. The molecule has 1 aromatic carbocycles. The number of hydrogen-bond donors (Lipinski definition) is 0. The number of sulfone groups is 1. The maximum atomic E-state index is 14.2. The number of ether oxygens (including phenoxy) is 2. The van der Waals surface area contributed by atoms with Crippen molar-refractivity contribution < 1.29 is 22.3 Å². The van der Waals surface area contributed by atoms with Crippen LogP contribution < -0.4 is 9.47 Å². The van der Waals surface area contributed by atoms with Gasteiger partial charge in [0.15, 0.2) is 21.4 Å². The van der Waals surface area contributed by atoms with Gasteiger partial charge in [0, 0.05) is 6.26 Å². The van der Waals surface area contributed by atoms with Crippen LogP contribution in [0.4, 0.5) is 4.39 Å². The summed E-state index contributed by atoms with van der Waals surface area (Å²) in [6.45, 7) is 1.75. The van der Waals surface area contributed by atoms with E-state index in [0.29, 0.717) is 11.4 Å². The first-order chi connectivity index (χ1) is 12.3. The fraction of sp³-hybridized carbons (Fsp3) is 0.444. The van der Waals surface area contributed by atoms with Crippen molar-refractivity contribution in [3.63, 3.8) is 0 Å². The highest BCUT2D eigenvalue weighted by molar-refractivity contribution is 7.90. The van der Waals surface area contributed by atoms with Crippen molar-refractivity contribution in [2.75, 3.05) is 6.26 Å². The molecule has 3 rings (SSSR count). The molecule has 0 unspecified atom stereocenters. The van der Waals surface area contributed by atoms with Gasteiger partial charge in [-0.1, -0.05) is 6.42 Å². The van der Waals surface area contributed by atoms with E-state index in [1.54, 1.807) is 6.92 Å². The van der Waals surface area contributed by atoms with Crippen LogP contribution in [-0.4, -0.2) is 30.7 Å². The molecule has 8 heteroatoms. The SMILES string of the molecule is Cc1c(Oc2ccc(S(C)(=O)=O)cc2F)ncnc1OC1CCCCC1. The molecule has 2 aromatic rings. The third-order valence-corrected chi connectivity index (χ3v) is 5.47. The van der Waals surface area contributed by atoms with Crippen LogP contribution in [0.1, 0.15) is 37.7 Å². The Morgan fingerprint density at radius 1 is 1.12 bits per heavy atom. The normalized spacial score (nSPS) is 15.7. The van der Waals surface area contributed by atoms with Crippen LogP contribution in [0.25, 0.3) is 0 Å². The highest BCUT2D eigenvalue weighted by Gasteiger charge is 2.19. The standard InChI is InChI=1S/C18H21FN2O4S/c1-12-17(24-13-6-4-3-5-7-13)20-11-21-18(12)25-16-9-8-14(10-15(16)19)26(2,22)23/h8-11,13H,3-7H2,1-2H3. The Morgan fingerprint density at radius 3 is 2.46 bits per heavy atom. The molecule has 1 aliphatic carbocycles. The van der Waals surface area contributed by atoms with Crippen molar-refractivity contribution >= 4 is 9.84 Å². The number of hydrogen-bond acceptors (Lipinski definition) is 6. The third kappa shape index (κ3) is 4.30. The quantitative estimate of drug-likeness (QED) is 0.784. The highest BCUT2D eigenvalue weighted by atomic mass is 32.2. The zero-order valence-corrected chi connectivity index (χ0v) is 15.6. The number of nitrogens with zero attached hydrogens (tertiary/aromatic N) is 2. The molecule has 6 nitrogen and oxygen atoms in total. The monoisotopic (exact) mass is 380 g/mol. The van der Waals surface area contributed by atoms with Crippen LogP contribution in [0, 0.1) is 12.7 Å². The minimum Gasteiger partial charge on any atom is -0.474 e. The van der Waals surface area contributed by atoms with E-state index in [-0.39, 0.29) is 22.6 Å². The van der Waals surface area contributed by atoms with Crippen LogP contribution in [0.5, 0.6) is 17.5 Å². The van der Waals surface area contributed by atoms with Gasteiger partial charge in [0.2, 0.25) is 11.8 Å². The van der Waals surface area contributed by atoms with Crippen LogP contribution in [0.3, 0.4) is 0 Å². The van der Waals surface area contributed by atoms with Crippen molar-refractivity contribution in [1.29, 1.82) is 0 Å². The van der Waals surface area contributed by atoms with Gasteiger partial charge < -0.3 is 9.47 Å². The molecule has 0 amide bonds. The summed E-state index contributed by atoms with van der Waals surface area (Å²) in [4.78, 5) is 8.09. The predicted molar refractivity (Wildman–Crippen MR) is 93.9 cm³/mol. The number of aromatic nitrogens is 2. The van der Waals surface area contributed by atoms with Gasteiger partial charge >= 0.3 is 0 Å².